The fourth-order valence-electron chi connectivity index (χ4n) is 4.96. The van der Waals surface area contributed by atoms with Crippen LogP contribution in [0.3, 0.4) is 0 Å². The number of hydrogen-bond donors (Lipinski definition) is 1. The van der Waals surface area contributed by atoms with Gasteiger partial charge in [0.15, 0.2) is 0 Å². The lowest BCUT2D eigenvalue weighted by molar-refractivity contribution is -0.138. The molecule has 0 atom stereocenters. The topological polar surface area (TPSA) is 84.0 Å². The molecule has 1 aromatic heterocycles. The van der Waals surface area contributed by atoms with Crippen LogP contribution < -0.4 is 5.73 Å². The third kappa shape index (κ3) is 6.01. The molecule has 2 N–H and O–H groups in total. The van der Waals surface area contributed by atoms with E-state index in [2.05, 4.69) is 15.0 Å². The minimum absolute atomic E-state index is 0.0909. The number of carbonyl (C=O) groups excluding carboxylic acids is 1. The van der Waals surface area contributed by atoms with E-state index in [4.69, 9.17) is 33.8 Å². The van der Waals surface area contributed by atoms with Gasteiger partial charge < -0.3 is 15.5 Å². The van der Waals surface area contributed by atoms with Crippen LogP contribution in [-0.2, 0) is 16.2 Å². The zero-order valence-electron chi connectivity index (χ0n) is 19.4. The van der Waals surface area contributed by atoms with Gasteiger partial charge in [0, 0.05) is 48.3 Å². The Morgan fingerprint density at radius 1 is 1.09 bits per heavy atom. The molecule has 0 radical (unpaired) electrons. The number of piperidine rings is 2. The van der Waals surface area contributed by atoms with Crippen LogP contribution in [0.15, 0.2) is 41.7 Å². The van der Waals surface area contributed by atoms with Gasteiger partial charge in [-0.05, 0) is 68.6 Å². The molecule has 0 aliphatic carbocycles. The highest BCUT2D eigenvalue weighted by Gasteiger charge is 2.33. The van der Waals surface area contributed by atoms with Gasteiger partial charge in [0.25, 0.3) is 0 Å². The lowest BCUT2D eigenvalue weighted by Gasteiger charge is -2.37. The number of nitrogens with two attached hydrogens (primary N) is 1. The number of hydrogen-bond acceptors (Lipinski definition) is 6. The first kappa shape index (κ1) is 24.8. The van der Waals surface area contributed by atoms with Gasteiger partial charge in [-0.3, -0.25) is 9.69 Å². The zero-order valence-corrected chi connectivity index (χ0v) is 20.9. The fraction of sp³-hybridized carbons (Fsp3) is 0.480. The van der Waals surface area contributed by atoms with Crippen molar-refractivity contribution in [2.75, 3.05) is 39.0 Å². The quantitative estimate of drug-likeness (QED) is 0.464. The lowest BCUT2D eigenvalue weighted by Crippen LogP contribution is -2.46. The summed E-state index contributed by atoms with van der Waals surface area (Å²) < 4.78 is 0. The van der Waals surface area contributed by atoms with Crippen LogP contribution in [0.1, 0.15) is 36.8 Å². The number of rotatable bonds is 6. The highest BCUT2D eigenvalue weighted by atomic mass is 35.5. The third-order valence-corrected chi connectivity index (χ3v) is 7.33. The van der Waals surface area contributed by atoms with Crippen molar-refractivity contribution in [2.45, 2.75) is 32.2 Å². The van der Waals surface area contributed by atoms with Gasteiger partial charge in [-0.1, -0.05) is 34.4 Å². The van der Waals surface area contributed by atoms with Gasteiger partial charge in [-0.15, -0.1) is 0 Å². The molecule has 182 valence electrons. The number of carbonyl (C=O) groups is 1. The van der Waals surface area contributed by atoms with Gasteiger partial charge in [-0.2, -0.15) is 0 Å². The van der Waals surface area contributed by atoms with Gasteiger partial charge in [0.05, 0.1) is 10.7 Å². The predicted octanol–water partition coefficient (Wildman–Crippen LogP) is 4.47. The van der Waals surface area contributed by atoms with E-state index >= 15 is 0 Å². The Kier molecular flexibility index (Phi) is 8.29. The monoisotopic (exact) mass is 503 g/mol. The van der Waals surface area contributed by atoms with Crippen molar-refractivity contribution in [3.05, 3.63) is 57.7 Å². The van der Waals surface area contributed by atoms with Gasteiger partial charge in [0.1, 0.15) is 12.9 Å². The van der Waals surface area contributed by atoms with Crippen molar-refractivity contribution in [2.24, 2.45) is 17.0 Å². The standard InChI is InChI=1S/C25H31Cl2N5O2/c1-34-30-24(21-3-2-20(26)15-22(21)27)18-7-12-32(13-8-18)25(33)19-5-10-31(11-6-19)16-17-4-9-29-23(28)14-17/h2-4,9,14-15,18-19H,5-8,10-13,16H2,1H3,(H2,28,29). The van der Waals surface area contributed by atoms with E-state index in [9.17, 15) is 4.79 Å². The molecule has 1 amide bonds. The lowest BCUT2D eigenvalue weighted by atomic mass is 9.87. The predicted molar refractivity (Wildman–Crippen MR) is 136 cm³/mol. The minimum Gasteiger partial charge on any atom is -0.399 e. The number of oxime groups is 1. The second-order valence-electron chi connectivity index (χ2n) is 9.02. The van der Waals surface area contributed by atoms with Crippen LogP contribution in [0.25, 0.3) is 0 Å². The molecule has 2 aliphatic rings. The number of anilines is 1. The van der Waals surface area contributed by atoms with Crippen molar-refractivity contribution in [3.63, 3.8) is 0 Å². The van der Waals surface area contributed by atoms with Crippen molar-refractivity contribution < 1.29 is 9.63 Å². The first-order valence-corrected chi connectivity index (χ1v) is 12.5. The number of aromatic nitrogens is 1. The molecule has 9 heteroatoms. The van der Waals surface area contributed by atoms with E-state index in [-0.39, 0.29) is 17.7 Å². The Hall–Kier alpha value is -2.35. The normalized spacial score (nSPS) is 18.8. The number of halogens is 2. The maximum Gasteiger partial charge on any atom is 0.225 e. The molecule has 7 nitrogen and oxygen atoms in total. The SMILES string of the molecule is CON=C(c1ccc(Cl)cc1Cl)C1CCN(C(=O)C2CCN(Cc3ccnc(N)c3)CC2)CC1. The Bertz CT molecular complexity index is 1030. The first-order valence-electron chi connectivity index (χ1n) is 11.7. The van der Waals surface area contributed by atoms with Crippen LogP contribution in [0.5, 0.6) is 0 Å². The summed E-state index contributed by atoms with van der Waals surface area (Å²) in [6, 6.07) is 9.32. The molecule has 2 aromatic rings. The summed E-state index contributed by atoms with van der Waals surface area (Å²) in [5.41, 5.74) is 8.61. The molecule has 2 saturated heterocycles. The zero-order chi connectivity index (χ0) is 24.1. The Morgan fingerprint density at radius 3 is 2.44 bits per heavy atom. The van der Waals surface area contributed by atoms with Crippen molar-refractivity contribution in [1.82, 2.24) is 14.8 Å². The van der Waals surface area contributed by atoms with Crippen molar-refractivity contribution in [1.29, 1.82) is 0 Å². The number of likely N-dealkylation sites (tertiary alicyclic amines) is 2. The summed E-state index contributed by atoms with van der Waals surface area (Å²) in [7, 11) is 1.54. The number of benzene rings is 1. The van der Waals surface area contributed by atoms with Crippen LogP contribution in [0.2, 0.25) is 10.0 Å². The number of nitrogen functional groups attached to an aromatic ring is 1. The molecule has 1 aromatic carbocycles. The molecule has 4 rings (SSSR count). The second-order valence-corrected chi connectivity index (χ2v) is 9.87. The van der Waals surface area contributed by atoms with Gasteiger partial charge in [0.2, 0.25) is 5.91 Å². The van der Waals surface area contributed by atoms with Crippen LogP contribution >= 0.6 is 23.2 Å². The Balaban J connectivity index is 1.30. The van der Waals surface area contributed by atoms with Crippen LogP contribution in [-0.4, -0.2) is 59.7 Å². The number of nitrogens with zero attached hydrogens (tertiary/aromatic N) is 4. The van der Waals surface area contributed by atoms with Crippen molar-refractivity contribution in [3.8, 4) is 0 Å². The largest absolute Gasteiger partial charge is 0.399 e. The van der Waals surface area contributed by atoms with Crippen molar-refractivity contribution >= 4 is 40.6 Å². The molecule has 0 saturated carbocycles. The molecule has 3 heterocycles. The summed E-state index contributed by atoms with van der Waals surface area (Å²) in [6.45, 7) is 4.10. The number of pyridine rings is 1. The number of amides is 1. The fourth-order valence-corrected chi connectivity index (χ4v) is 5.46. The van der Waals surface area contributed by atoms with Gasteiger partial charge >= 0.3 is 0 Å². The van der Waals surface area contributed by atoms with E-state index in [1.54, 1.807) is 19.4 Å². The highest BCUT2D eigenvalue weighted by Crippen LogP contribution is 2.30. The molecular formula is C25H31Cl2N5O2. The average Bonchev–Trinajstić information content (AvgIpc) is 2.83. The second kappa shape index (κ2) is 11.4. The third-order valence-electron chi connectivity index (χ3n) is 6.78. The highest BCUT2D eigenvalue weighted by molar-refractivity contribution is 6.37. The molecule has 2 aliphatic heterocycles. The average molecular weight is 504 g/mol. The summed E-state index contributed by atoms with van der Waals surface area (Å²) in [5, 5.41) is 5.43. The Labute approximate surface area is 210 Å². The summed E-state index contributed by atoms with van der Waals surface area (Å²) in [4.78, 5) is 26.8. The van der Waals surface area contributed by atoms with E-state index in [0.717, 1.165) is 62.2 Å². The summed E-state index contributed by atoms with van der Waals surface area (Å²) in [5.74, 6) is 1.09. The van der Waals surface area contributed by atoms with Crippen LogP contribution in [0.4, 0.5) is 5.82 Å². The molecule has 0 spiro atoms. The first-order chi connectivity index (χ1) is 16.4. The van der Waals surface area contributed by atoms with Gasteiger partial charge in [-0.25, -0.2) is 4.98 Å². The van der Waals surface area contributed by atoms with E-state index in [1.165, 1.54) is 0 Å². The molecular weight excluding hydrogens is 473 g/mol. The summed E-state index contributed by atoms with van der Waals surface area (Å²) >= 11 is 12.5. The molecule has 2 fully saturated rings. The Morgan fingerprint density at radius 2 is 1.79 bits per heavy atom. The molecule has 0 unspecified atom stereocenters. The van der Waals surface area contributed by atoms with Crippen LogP contribution in [0, 0.1) is 11.8 Å². The van der Waals surface area contributed by atoms with E-state index in [1.807, 2.05) is 29.2 Å². The smallest absolute Gasteiger partial charge is 0.225 e. The molecule has 34 heavy (non-hydrogen) atoms. The molecule has 0 bridgehead atoms. The van der Waals surface area contributed by atoms with E-state index in [0.29, 0.717) is 29.0 Å². The summed E-state index contributed by atoms with van der Waals surface area (Å²) in [6.07, 6.45) is 5.17. The maximum absolute atomic E-state index is 13.2. The maximum atomic E-state index is 13.2. The minimum atomic E-state index is 0.0909. The van der Waals surface area contributed by atoms with E-state index < -0.39 is 0 Å².